The Morgan fingerprint density at radius 3 is 2.40 bits per heavy atom. The van der Waals surface area contributed by atoms with Gasteiger partial charge in [-0.3, -0.25) is 4.79 Å². The number of fused-ring (bicyclic) bond motifs is 1. The Kier molecular flexibility index (Phi) is 5.77. The van der Waals surface area contributed by atoms with Crippen LogP contribution in [0.4, 0.5) is 9.18 Å². The summed E-state index contributed by atoms with van der Waals surface area (Å²) in [6.45, 7) is -0.200. The lowest BCUT2D eigenvalue weighted by molar-refractivity contribution is -0.118. The van der Waals surface area contributed by atoms with Gasteiger partial charge >= 0.3 is 12.1 Å². The Hall–Kier alpha value is -4.21. The summed E-state index contributed by atoms with van der Waals surface area (Å²) in [5, 5.41) is 23.1. The van der Waals surface area contributed by atoms with Gasteiger partial charge in [0.05, 0.1) is 29.6 Å². The number of nitrogens with zero attached hydrogens (tertiary/aromatic N) is 2. The second kappa shape index (κ2) is 8.43. The van der Waals surface area contributed by atoms with Crippen LogP contribution in [0.25, 0.3) is 23.1 Å². The highest BCUT2D eigenvalue weighted by Crippen LogP contribution is 2.34. The first kappa shape index (κ1) is 20.5. The van der Waals surface area contributed by atoms with E-state index in [0.717, 1.165) is 0 Å². The van der Waals surface area contributed by atoms with E-state index < -0.39 is 23.8 Å². The maximum atomic E-state index is 13.1. The first-order chi connectivity index (χ1) is 14.3. The molecule has 1 heterocycles. The van der Waals surface area contributed by atoms with E-state index in [0.29, 0.717) is 10.2 Å². The number of nitrogens with two attached hydrogens (primary N) is 1. The number of carboxylic acid groups (broad SMARTS) is 2. The van der Waals surface area contributed by atoms with Gasteiger partial charge in [0.25, 0.3) is 0 Å². The number of amides is 1. The van der Waals surface area contributed by atoms with Gasteiger partial charge in [-0.1, -0.05) is 18.2 Å². The molecular formula is C20H16FN3O6. The molecule has 3 rings (SSSR count). The molecule has 0 aliphatic heterocycles. The van der Waals surface area contributed by atoms with Gasteiger partial charge < -0.3 is 20.7 Å². The average Bonchev–Trinajstić information content (AvgIpc) is 3.06. The molecule has 0 saturated heterocycles. The largest absolute Gasteiger partial charge is 0.491 e. The third kappa shape index (κ3) is 4.27. The second-order valence-corrected chi connectivity index (χ2v) is 6.17. The van der Waals surface area contributed by atoms with Gasteiger partial charge in [-0.05, 0) is 35.9 Å². The third-order valence-corrected chi connectivity index (χ3v) is 4.14. The predicted octanol–water partition coefficient (Wildman–Crippen LogP) is 2.82. The van der Waals surface area contributed by atoms with Crippen LogP contribution in [0, 0.1) is 5.82 Å². The number of halogens is 1. The molecule has 9 nitrogen and oxygen atoms in total. The van der Waals surface area contributed by atoms with Crippen LogP contribution in [0.1, 0.15) is 28.0 Å². The molecular weight excluding hydrogens is 397 g/mol. The Morgan fingerprint density at radius 2 is 1.80 bits per heavy atom. The average molecular weight is 413 g/mol. The van der Waals surface area contributed by atoms with Crippen LogP contribution < -0.4 is 10.5 Å². The lowest BCUT2D eigenvalue weighted by atomic mass is 10.1. The van der Waals surface area contributed by atoms with Crippen LogP contribution in [0.5, 0.6) is 5.75 Å². The van der Waals surface area contributed by atoms with Crippen molar-refractivity contribution in [2.45, 2.75) is 6.42 Å². The molecule has 1 aromatic heterocycles. The number of rotatable bonds is 7. The van der Waals surface area contributed by atoms with E-state index in [1.54, 1.807) is 6.08 Å². The fourth-order valence-corrected chi connectivity index (χ4v) is 2.79. The van der Waals surface area contributed by atoms with E-state index in [1.807, 2.05) is 0 Å². The summed E-state index contributed by atoms with van der Waals surface area (Å²) in [6.07, 6.45) is 1.48. The summed E-state index contributed by atoms with van der Waals surface area (Å²) >= 11 is 0. The number of benzene rings is 2. The normalized spacial score (nSPS) is 11.1. The van der Waals surface area contributed by atoms with Gasteiger partial charge in [0.15, 0.2) is 0 Å². The highest BCUT2D eigenvalue weighted by molar-refractivity contribution is 6.04. The van der Waals surface area contributed by atoms with Crippen LogP contribution in [0.2, 0.25) is 0 Å². The number of carboxylic acids is 1. The summed E-state index contributed by atoms with van der Waals surface area (Å²) in [7, 11) is 0. The van der Waals surface area contributed by atoms with Crippen molar-refractivity contribution in [1.29, 1.82) is 0 Å². The molecule has 3 aromatic rings. The minimum atomic E-state index is -1.38. The van der Waals surface area contributed by atoms with Gasteiger partial charge in [0, 0.05) is 0 Å². The molecule has 0 saturated carbocycles. The topological polar surface area (TPSA) is 145 Å². The molecule has 0 fully saturated rings. The number of aromatic carboxylic acids is 1. The van der Waals surface area contributed by atoms with E-state index >= 15 is 0 Å². The van der Waals surface area contributed by atoms with Gasteiger partial charge in [0.2, 0.25) is 5.91 Å². The number of carbonyl (C=O) groups excluding carboxylic acids is 1. The number of carbonyl (C=O) groups is 3. The van der Waals surface area contributed by atoms with Crippen LogP contribution in [0.15, 0.2) is 36.4 Å². The first-order valence-electron chi connectivity index (χ1n) is 8.65. The fourth-order valence-electron chi connectivity index (χ4n) is 2.79. The number of ether oxygens (including phenoxy) is 1. The van der Waals surface area contributed by atoms with Crippen molar-refractivity contribution in [2.75, 3.05) is 6.61 Å². The predicted molar refractivity (Wildman–Crippen MR) is 105 cm³/mol. The summed E-state index contributed by atoms with van der Waals surface area (Å²) < 4.78 is 19.3. The Bertz CT molecular complexity index is 1170. The van der Waals surface area contributed by atoms with E-state index in [1.165, 1.54) is 42.5 Å². The third-order valence-electron chi connectivity index (χ3n) is 4.14. The van der Waals surface area contributed by atoms with Crippen LogP contribution in [0.3, 0.4) is 0 Å². The molecule has 0 atom stereocenters. The van der Waals surface area contributed by atoms with Crippen molar-refractivity contribution in [3.8, 4) is 5.75 Å². The Balaban J connectivity index is 2.17. The maximum Gasteiger partial charge on any atom is 0.432 e. The van der Waals surface area contributed by atoms with Crippen LogP contribution in [-0.2, 0) is 4.79 Å². The van der Waals surface area contributed by atoms with Crippen molar-refractivity contribution >= 4 is 41.0 Å². The first-order valence-corrected chi connectivity index (χ1v) is 8.65. The smallest absolute Gasteiger partial charge is 0.432 e. The Morgan fingerprint density at radius 1 is 1.10 bits per heavy atom. The molecule has 10 heteroatoms. The minimum absolute atomic E-state index is 0.0975. The Labute approximate surface area is 168 Å². The van der Waals surface area contributed by atoms with Gasteiger partial charge in [-0.2, -0.15) is 9.78 Å². The van der Waals surface area contributed by atoms with Crippen LogP contribution in [-0.4, -0.2) is 44.6 Å². The van der Waals surface area contributed by atoms with Gasteiger partial charge in [-0.15, -0.1) is 0 Å². The zero-order chi connectivity index (χ0) is 21.8. The molecule has 0 spiro atoms. The highest BCUT2D eigenvalue weighted by atomic mass is 19.1. The molecule has 4 N–H and O–H groups in total. The van der Waals surface area contributed by atoms with Crippen molar-refractivity contribution in [2.24, 2.45) is 5.73 Å². The zero-order valence-electron chi connectivity index (χ0n) is 15.4. The standard InChI is InChI=1S/C20H16FN3O6/c21-12-4-1-11(2-5-12)3-7-14-17-15(24(23-14)20(28)29)8-6-13(19(26)27)18(17)30-10-9-16(22)25/h1-8H,9-10H2,(H2,22,25)(H,26,27)(H,28,29). The second-order valence-electron chi connectivity index (χ2n) is 6.17. The minimum Gasteiger partial charge on any atom is -0.491 e. The number of hydrogen-bond donors (Lipinski definition) is 3. The monoisotopic (exact) mass is 413 g/mol. The van der Waals surface area contributed by atoms with Crippen molar-refractivity contribution < 1.29 is 33.7 Å². The van der Waals surface area contributed by atoms with E-state index in [2.05, 4.69) is 5.10 Å². The molecule has 0 aliphatic rings. The lowest BCUT2D eigenvalue weighted by Gasteiger charge is -2.10. The SMILES string of the molecule is NC(=O)CCOc1c(C(=O)O)ccc2c1c(C=Cc1ccc(F)cc1)nn2C(=O)O. The fraction of sp³-hybridized carbons (Fsp3) is 0.100. The summed E-state index contributed by atoms with van der Waals surface area (Å²) in [5.74, 6) is -2.49. The zero-order valence-corrected chi connectivity index (χ0v) is 15.4. The van der Waals surface area contributed by atoms with Crippen molar-refractivity contribution in [1.82, 2.24) is 9.78 Å². The van der Waals surface area contributed by atoms with Crippen molar-refractivity contribution in [3.63, 3.8) is 0 Å². The number of primary amides is 1. The van der Waals surface area contributed by atoms with Crippen LogP contribution >= 0.6 is 0 Å². The van der Waals surface area contributed by atoms with Gasteiger partial charge in [-0.25, -0.2) is 14.0 Å². The quantitative estimate of drug-likeness (QED) is 0.540. The van der Waals surface area contributed by atoms with Crippen molar-refractivity contribution in [3.05, 3.63) is 59.0 Å². The lowest BCUT2D eigenvalue weighted by Crippen LogP contribution is -2.15. The molecule has 30 heavy (non-hydrogen) atoms. The molecule has 0 aliphatic carbocycles. The molecule has 2 aromatic carbocycles. The summed E-state index contributed by atoms with van der Waals surface area (Å²) in [5.41, 5.74) is 5.70. The molecule has 1 amide bonds. The van der Waals surface area contributed by atoms with E-state index in [-0.39, 0.29) is 40.9 Å². The summed E-state index contributed by atoms with van der Waals surface area (Å²) in [4.78, 5) is 34.3. The van der Waals surface area contributed by atoms with E-state index in [4.69, 9.17) is 10.5 Å². The molecule has 0 unspecified atom stereocenters. The molecule has 0 bridgehead atoms. The summed E-state index contributed by atoms with van der Waals surface area (Å²) in [6, 6.07) is 8.03. The molecule has 0 radical (unpaired) electrons. The molecule has 154 valence electrons. The van der Waals surface area contributed by atoms with E-state index in [9.17, 15) is 29.0 Å². The van der Waals surface area contributed by atoms with Gasteiger partial charge in [0.1, 0.15) is 17.1 Å². The highest BCUT2D eigenvalue weighted by Gasteiger charge is 2.23. The maximum absolute atomic E-state index is 13.1. The number of aromatic nitrogens is 2. The number of hydrogen-bond acceptors (Lipinski definition) is 5.